The maximum Gasteiger partial charge on any atom is 0.186 e. The first-order valence-electron chi connectivity index (χ1n) is 5.69. The van der Waals surface area contributed by atoms with Crippen molar-refractivity contribution in [1.82, 2.24) is 9.97 Å². The average molecular weight is 310 g/mol. The van der Waals surface area contributed by atoms with Gasteiger partial charge in [0.2, 0.25) is 0 Å². The molecule has 0 amide bonds. The Morgan fingerprint density at radius 1 is 1.28 bits per heavy atom. The van der Waals surface area contributed by atoms with Gasteiger partial charge in [0.15, 0.2) is 11.6 Å². The second-order valence-corrected chi connectivity index (χ2v) is 4.64. The van der Waals surface area contributed by atoms with Gasteiger partial charge < -0.3 is 5.32 Å². The van der Waals surface area contributed by atoms with Crippen LogP contribution in [0.2, 0.25) is 0 Å². The van der Waals surface area contributed by atoms with E-state index in [9.17, 15) is 4.39 Å². The van der Waals surface area contributed by atoms with Crippen LogP contribution in [0.5, 0.6) is 0 Å². The van der Waals surface area contributed by atoms with E-state index in [0.29, 0.717) is 18.7 Å². The third-order valence-corrected chi connectivity index (χ3v) is 3.37. The lowest BCUT2D eigenvalue weighted by Crippen LogP contribution is -2.07. The lowest BCUT2D eigenvalue weighted by Gasteiger charge is -2.09. The van der Waals surface area contributed by atoms with Crippen molar-refractivity contribution in [2.75, 3.05) is 5.32 Å². The van der Waals surface area contributed by atoms with E-state index < -0.39 is 0 Å². The summed E-state index contributed by atoms with van der Waals surface area (Å²) in [5, 5.41) is 2.99. The summed E-state index contributed by atoms with van der Waals surface area (Å²) in [7, 11) is 0. The van der Waals surface area contributed by atoms with Crippen LogP contribution in [0.4, 0.5) is 10.2 Å². The second kappa shape index (κ2) is 5.91. The Kier molecular flexibility index (Phi) is 4.25. The lowest BCUT2D eigenvalue weighted by molar-refractivity contribution is 0.596. The van der Waals surface area contributed by atoms with Gasteiger partial charge in [-0.2, -0.15) is 0 Å². The number of nitrogens with zero attached hydrogens (tertiary/aromatic N) is 2. The fraction of sp³-hybridized carbons (Fsp3) is 0.231. The van der Waals surface area contributed by atoms with Gasteiger partial charge in [-0.05, 0) is 18.1 Å². The van der Waals surface area contributed by atoms with Crippen LogP contribution in [-0.2, 0) is 13.0 Å². The number of rotatable bonds is 4. The normalized spacial score (nSPS) is 10.4. The SMILES string of the molecule is CCc1ncnc(NCc2ccccc2Br)c1F. The molecule has 0 aliphatic heterocycles. The predicted octanol–water partition coefficient (Wildman–Crippen LogP) is 3.55. The van der Waals surface area contributed by atoms with Crippen molar-refractivity contribution >= 4 is 21.7 Å². The molecule has 5 heteroatoms. The molecule has 0 fully saturated rings. The van der Waals surface area contributed by atoms with Crippen molar-refractivity contribution in [2.45, 2.75) is 19.9 Å². The number of aryl methyl sites for hydroxylation is 1. The summed E-state index contributed by atoms with van der Waals surface area (Å²) in [5.74, 6) is -0.121. The number of anilines is 1. The van der Waals surface area contributed by atoms with Crippen molar-refractivity contribution in [1.29, 1.82) is 0 Å². The topological polar surface area (TPSA) is 37.8 Å². The molecule has 0 saturated heterocycles. The minimum atomic E-state index is -0.368. The molecule has 0 bridgehead atoms. The van der Waals surface area contributed by atoms with Gasteiger partial charge in [0.1, 0.15) is 6.33 Å². The monoisotopic (exact) mass is 309 g/mol. The van der Waals surface area contributed by atoms with Crippen LogP contribution < -0.4 is 5.32 Å². The summed E-state index contributed by atoms with van der Waals surface area (Å²) >= 11 is 3.45. The zero-order valence-electron chi connectivity index (χ0n) is 9.95. The van der Waals surface area contributed by atoms with Gasteiger partial charge in [-0.25, -0.2) is 14.4 Å². The van der Waals surface area contributed by atoms with E-state index >= 15 is 0 Å². The summed E-state index contributed by atoms with van der Waals surface area (Å²) in [6.45, 7) is 2.38. The first-order chi connectivity index (χ1) is 8.72. The Bertz CT molecular complexity index is 546. The van der Waals surface area contributed by atoms with Crippen molar-refractivity contribution in [3.8, 4) is 0 Å². The van der Waals surface area contributed by atoms with Crippen LogP contribution >= 0.6 is 15.9 Å². The van der Waals surface area contributed by atoms with E-state index in [1.807, 2.05) is 31.2 Å². The molecule has 2 rings (SSSR count). The standard InChI is InChI=1S/C13H13BrFN3/c1-2-11-12(15)13(18-8-17-11)16-7-9-5-3-4-6-10(9)14/h3-6,8H,2,7H2,1H3,(H,16,17,18). The van der Waals surface area contributed by atoms with Crippen LogP contribution in [0.1, 0.15) is 18.2 Å². The Balaban J connectivity index is 2.14. The average Bonchev–Trinajstić information content (AvgIpc) is 2.39. The van der Waals surface area contributed by atoms with Crippen LogP contribution in [0.25, 0.3) is 0 Å². The highest BCUT2D eigenvalue weighted by molar-refractivity contribution is 9.10. The van der Waals surface area contributed by atoms with Crippen LogP contribution in [0, 0.1) is 5.82 Å². The van der Waals surface area contributed by atoms with Crippen molar-refractivity contribution in [3.63, 3.8) is 0 Å². The van der Waals surface area contributed by atoms with E-state index in [2.05, 4.69) is 31.2 Å². The summed E-state index contributed by atoms with van der Waals surface area (Å²) in [5.41, 5.74) is 1.48. The maximum atomic E-state index is 13.9. The smallest absolute Gasteiger partial charge is 0.186 e. The zero-order chi connectivity index (χ0) is 13.0. The summed E-state index contributed by atoms with van der Waals surface area (Å²) < 4.78 is 14.9. The van der Waals surface area contributed by atoms with E-state index in [0.717, 1.165) is 10.0 Å². The molecule has 0 atom stereocenters. The van der Waals surface area contributed by atoms with E-state index in [4.69, 9.17) is 0 Å². The fourth-order valence-corrected chi connectivity index (χ4v) is 2.02. The van der Waals surface area contributed by atoms with Gasteiger partial charge in [-0.1, -0.05) is 41.1 Å². The Morgan fingerprint density at radius 3 is 2.78 bits per heavy atom. The summed E-state index contributed by atoms with van der Waals surface area (Å²) in [4.78, 5) is 7.81. The predicted molar refractivity (Wildman–Crippen MR) is 72.8 cm³/mol. The second-order valence-electron chi connectivity index (χ2n) is 3.78. The molecule has 0 radical (unpaired) electrons. The maximum absolute atomic E-state index is 13.9. The molecule has 1 aromatic carbocycles. The van der Waals surface area contributed by atoms with Gasteiger partial charge in [0.25, 0.3) is 0 Å². The fourth-order valence-electron chi connectivity index (χ4n) is 1.60. The highest BCUT2D eigenvalue weighted by Gasteiger charge is 2.09. The number of hydrogen-bond acceptors (Lipinski definition) is 3. The van der Waals surface area contributed by atoms with Crippen LogP contribution in [-0.4, -0.2) is 9.97 Å². The van der Waals surface area contributed by atoms with Crippen LogP contribution in [0.15, 0.2) is 35.1 Å². The molecular formula is C13H13BrFN3. The number of nitrogens with one attached hydrogen (secondary N) is 1. The molecule has 1 heterocycles. The van der Waals surface area contributed by atoms with Crippen molar-refractivity contribution in [2.24, 2.45) is 0 Å². The molecular weight excluding hydrogens is 297 g/mol. The number of hydrogen-bond donors (Lipinski definition) is 1. The Hall–Kier alpha value is -1.49. The highest BCUT2D eigenvalue weighted by Crippen LogP contribution is 2.18. The van der Waals surface area contributed by atoms with E-state index in [1.54, 1.807) is 0 Å². The summed E-state index contributed by atoms with van der Waals surface area (Å²) in [6, 6.07) is 7.80. The molecule has 0 saturated carbocycles. The molecule has 3 nitrogen and oxygen atoms in total. The molecule has 0 aliphatic rings. The van der Waals surface area contributed by atoms with Gasteiger partial charge in [-0.3, -0.25) is 0 Å². The van der Waals surface area contributed by atoms with Crippen LogP contribution in [0.3, 0.4) is 0 Å². The van der Waals surface area contributed by atoms with E-state index in [-0.39, 0.29) is 11.6 Å². The first-order valence-corrected chi connectivity index (χ1v) is 6.48. The molecule has 0 aliphatic carbocycles. The molecule has 0 spiro atoms. The van der Waals surface area contributed by atoms with Gasteiger partial charge >= 0.3 is 0 Å². The minimum Gasteiger partial charge on any atom is -0.363 e. The largest absolute Gasteiger partial charge is 0.363 e. The molecule has 1 aromatic heterocycles. The molecule has 1 N–H and O–H groups in total. The number of benzene rings is 1. The third kappa shape index (κ3) is 2.85. The lowest BCUT2D eigenvalue weighted by atomic mass is 10.2. The Morgan fingerprint density at radius 2 is 2.06 bits per heavy atom. The van der Waals surface area contributed by atoms with Gasteiger partial charge in [0.05, 0.1) is 5.69 Å². The van der Waals surface area contributed by atoms with Gasteiger partial charge in [0, 0.05) is 11.0 Å². The zero-order valence-corrected chi connectivity index (χ0v) is 11.5. The molecule has 0 unspecified atom stereocenters. The van der Waals surface area contributed by atoms with Crippen molar-refractivity contribution < 1.29 is 4.39 Å². The first kappa shape index (κ1) is 13.0. The van der Waals surface area contributed by atoms with Crippen molar-refractivity contribution in [3.05, 3.63) is 52.1 Å². The molecule has 94 valence electrons. The minimum absolute atomic E-state index is 0.248. The van der Waals surface area contributed by atoms with Gasteiger partial charge in [-0.15, -0.1) is 0 Å². The molecule has 18 heavy (non-hydrogen) atoms. The highest BCUT2D eigenvalue weighted by atomic mass is 79.9. The number of aromatic nitrogens is 2. The molecule has 2 aromatic rings. The summed E-state index contributed by atoms with van der Waals surface area (Å²) in [6.07, 6.45) is 1.93. The third-order valence-electron chi connectivity index (χ3n) is 2.60. The quantitative estimate of drug-likeness (QED) is 0.938. The number of halogens is 2. The van der Waals surface area contributed by atoms with E-state index in [1.165, 1.54) is 6.33 Å². The Labute approximate surface area is 114 Å².